The predicted molar refractivity (Wildman–Crippen MR) is 59.2 cm³/mol. The minimum absolute atomic E-state index is 0.214. The quantitative estimate of drug-likeness (QED) is 0.838. The lowest BCUT2D eigenvalue weighted by atomic mass is 10.2. The maximum Gasteiger partial charge on any atom is 0.117 e. The van der Waals surface area contributed by atoms with Crippen molar-refractivity contribution < 1.29 is 9.84 Å². The van der Waals surface area contributed by atoms with Gasteiger partial charge in [-0.05, 0) is 17.7 Å². The Morgan fingerprint density at radius 1 is 1.33 bits per heavy atom. The Morgan fingerprint density at radius 3 is 2.73 bits per heavy atom. The Labute approximate surface area is 94.2 Å². The van der Waals surface area contributed by atoms with Crippen LogP contribution in [0.3, 0.4) is 0 Å². The molecule has 1 aromatic carbocycles. The van der Waals surface area contributed by atoms with Crippen LogP contribution in [0.2, 0.25) is 5.02 Å². The van der Waals surface area contributed by atoms with Crippen molar-refractivity contribution in [1.82, 2.24) is 4.90 Å². The highest BCUT2D eigenvalue weighted by Crippen LogP contribution is 2.22. The fraction of sp³-hybridized carbons (Fsp3) is 0.455. The number of phenolic OH excluding ortho intramolecular Hbond substituents is 1. The van der Waals surface area contributed by atoms with Crippen molar-refractivity contribution in [2.75, 3.05) is 26.3 Å². The van der Waals surface area contributed by atoms with Crippen LogP contribution in [0.4, 0.5) is 0 Å². The number of hydrogen-bond donors (Lipinski definition) is 1. The number of phenols is 1. The summed E-state index contributed by atoms with van der Waals surface area (Å²) in [7, 11) is 0. The van der Waals surface area contributed by atoms with E-state index in [9.17, 15) is 5.11 Å². The van der Waals surface area contributed by atoms with Crippen LogP contribution in [0, 0.1) is 0 Å². The lowest BCUT2D eigenvalue weighted by Crippen LogP contribution is -2.35. The molecule has 1 saturated heterocycles. The maximum atomic E-state index is 9.23. The molecule has 15 heavy (non-hydrogen) atoms. The van der Waals surface area contributed by atoms with E-state index in [0.29, 0.717) is 5.02 Å². The van der Waals surface area contributed by atoms with Crippen molar-refractivity contribution in [2.24, 2.45) is 0 Å². The second kappa shape index (κ2) is 4.84. The van der Waals surface area contributed by atoms with Crippen molar-refractivity contribution in [3.8, 4) is 5.75 Å². The molecular weight excluding hydrogens is 214 g/mol. The minimum Gasteiger partial charge on any atom is -0.508 e. The van der Waals surface area contributed by atoms with Gasteiger partial charge in [-0.2, -0.15) is 0 Å². The van der Waals surface area contributed by atoms with Crippen molar-refractivity contribution in [1.29, 1.82) is 0 Å². The molecule has 1 aliphatic heterocycles. The summed E-state index contributed by atoms with van der Waals surface area (Å²) >= 11 is 6.03. The first-order valence-electron chi connectivity index (χ1n) is 5.03. The van der Waals surface area contributed by atoms with E-state index in [1.54, 1.807) is 12.1 Å². The second-order valence-corrected chi connectivity index (χ2v) is 4.07. The summed E-state index contributed by atoms with van der Waals surface area (Å²) in [6.45, 7) is 4.28. The van der Waals surface area contributed by atoms with Gasteiger partial charge in [-0.3, -0.25) is 4.90 Å². The minimum atomic E-state index is 0.214. The van der Waals surface area contributed by atoms with Crippen molar-refractivity contribution in [3.63, 3.8) is 0 Å². The summed E-state index contributed by atoms with van der Waals surface area (Å²) in [5, 5.41) is 9.85. The SMILES string of the molecule is Oc1ccc(CN2CCOCC2)c(Cl)c1. The molecule has 0 aromatic heterocycles. The van der Waals surface area contributed by atoms with Gasteiger partial charge in [-0.25, -0.2) is 0 Å². The molecule has 0 bridgehead atoms. The van der Waals surface area contributed by atoms with Gasteiger partial charge < -0.3 is 9.84 Å². The molecule has 3 nitrogen and oxygen atoms in total. The highest BCUT2D eigenvalue weighted by molar-refractivity contribution is 6.31. The van der Waals surface area contributed by atoms with Gasteiger partial charge in [0.05, 0.1) is 13.2 Å². The smallest absolute Gasteiger partial charge is 0.117 e. The summed E-state index contributed by atoms with van der Waals surface area (Å²) in [4.78, 5) is 2.29. The van der Waals surface area contributed by atoms with Crippen molar-refractivity contribution in [3.05, 3.63) is 28.8 Å². The summed E-state index contributed by atoms with van der Waals surface area (Å²) in [6, 6.07) is 5.12. The number of rotatable bonds is 2. The summed E-state index contributed by atoms with van der Waals surface area (Å²) in [5.41, 5.74) is 1.05. The van der Waals surface area contributed by atoms with E-state index in [1.807, 2.05) is 6.07 Å². The molecule has 0 radical (unpaired) electrons. The third-order valence-corrected chi connectivity index (χ3v) is 2.89. The molecule has 1 heterocycles. The average molecular weight is 228 g/mol. The van der Waals surface area contributed by atoms with Crippen LogP contribution in [-0.4, -0.2) is 36.3 Å². The first-order chi connectivity index (χ1) is 7.25. The Kier molecular flexibility index (Phi) is 3.46. The zero-order valence-electron chi connectivity index (χ0n) is 8.45. The number of halogens is 1. The molecule has 0 aliphatic carbocycles. The standard InChI is InChI=1S/C11H14ClNO2/c12-11-7-10(14)2-1-9(11)8-13-3-5-15-6-4-13/h1-2,7,14H,3-6,8H2. The zero-order chi connectivity index (χ0) is 10.7. The Balaban J connectivity index is 2.03. The molecular formula is C11H14ClNO2. The van der Waals surface area contributed by atoms with Gasteiger partial charge in [0.2, 0.25) is 0 Å². The van der Waals surface area contributed by atoms with Crippen LogP contribution in [0.25, 0.3) is 0 Å². The summed E-state index contributed by atoms with van der Waals surface area (Å²) in [6.07, 6.45) is 0. The van der Waals surface area contributed by atoms with E-state index >= 15 is 0 Å². The number of ether oxygens (including phenoxy) is 1. The molecule has 0 spiro atoms. The number of morpholine rings is 1. The topological polar surface area (TPSA) is 32.7 Å². The first-order valence-corrected chi connectivity index (χ1v) is 5.41. The van der Waals surface area contributed by atoms with Crippen LogP contribution in [-0.2, 0) is 11.3 Å². The highest BCUT2D eigenvalue weighted by atomic mass is 35.5. The van der Waals surface area contributed by atoms with Crippen molar-refractivity contribution in [2.45, 2.75) is 6.54 Å². The van der Waals surface area contributed by atoms with E-state index in [-0.39, 0.29) is 5.75 Å². The lowest BCUT2D eigenvalue weighted by molar-refractivity contribution is 0.0342. The van der Waals surface area contributed by atoms with E-state index in [0.717, 1.165) is 38.4 Å². The molecule has 1 aliphatic rings. The van der Waals surface area contributed by atoms with E-state index < -0.39 is 0 Å². The van der Waals surface area contributed by atoms with Crippen LogP contribution in [0.15, 0.2) is 18.2 Å². The fourth-order valence-corrected chi connectivity index (χ4v) is 1.90. The molecule has 0 amide bonds. The first kappa shape index (κ1) is 10.7. The van der Waals surface area contributed by atoms with Gasteiger partial charge in [0.15, 0.2) is 0 Å². The fourth-order valence-electron chi connectivity index (χ4n) is 1.66. The third-order valence-electron chi connectivity index (χ3n) is 2.53. The maximum absolute atomic E-state index is 9.23. The molecule has 1 fully saturated rings. The Bertz CT molecular complexity index is 337. The molecule has 82 valence electrons. The van der Waals surface area contributed by atoms with Gasteiger partial charge in [-0.15, -0.1) is 0 Å². The van der Waals surface area contributed by atoms with Gasteiger partial charge in [0, 0.05) is 24.7 Å². The van der Waals surface area contributed by atoms with Gasteiger partial charge >= 0.3 is 0 Å². The van der Waals surface area contributed by atoms with Crippen molar-refractivity contribution >= 4 is 11.6 Å². The molecule has 2 rings (SSSR count). The Morgan fingerprint density at radius 2 is 2.07 bits per heavy atom. The van der Waals surface area contributed by atoms with Crippen LogP contribution < -0.4 is 0 Å². The zero-order valence-corrected chi connectivity index (χ0v) is 9.20. The van der Waals surface area contributed by atoms with Gasteiger partial charge in [0.25, 0.3) is 0 Å². The predicted octanol–water partition coefficient (Wildman–Crippen LogP) is 1.88. The lowest BCUT2D eigenvalue weighted by Gasteiger charge is -2.26. The monoisotopic (exact) mass is 227 g/mol. The molecule has 0 atom stereocenters. The molecule has 0 unspecified atom stereocenters. The Hall–Kier alpha value is -0.770. The average Bonchev–Trinajstić information content (AvgIpc) is 2.24. The molecule has 4 heteroatoms. The number of aromatic hydroxyl groups is 1. The van der Waals surface area contributed by atoms with E-state index in [4.69, 9.17) is 16.3 Å². The van der Waals surface area contributed by atoms with Gasteiger partial charge in [0.1, 0.15) is 5.75 Å². The second-order valence-electron chi connectivity index (χ2n) is 3.66. The van der Waals surface area contributed by atoms with Crippen LogP contribution in [0.1, 0.15) is 5.56 Å². The largest absolute Gasteiger partial charge is 0.508 e. The third kappa shape index (κ3) is 2.84. The number of hydrogen-bond acceptors (Lipinski definition) is 3. The van der Waals surface area contributed by atoms with Gasteiger partial charge in [-0.1, -0.05) is 17.7 Å². The number of nitrogens with zero attached hydrogens (tertiary/aromatic N) is 1. The van der Waals surface area contributed by atoms with E-state index in [1.165, 1.54) is 0 Å². The van der Waals surface area contributed by atoms with Crippen LogP contribution in [0.5, 0.6) is 5.75 Å². The summed E-state index contributed by atoms with van der Waals surface area (Å²) in [5.74, 6) is 0.214. The molecule has 1 aromatic rings. The molecule has 0 saturated carbocycles. The highest BCUT2D eigenvalue weighted by Gasteiger charge is 2.12. The van der Waals surface area contributed by atoms with E-state index in [2.05, 4.69) is 4.90 Å². The molecule has 1 N–H and O–H groups in total. The number of benzene rings is 1. The summed E-state index contributed by atoms with van der Waals surface area (Å²) < 4.78 is 5.27. The normalized spacial score (nSPS) is 17.9. The van der Waals surface area contributed by atoms with Crippen LogP contribution >= 0.6 is 11.6 Å².